The quantitative estimate of drug-likeness (QED) is 0.122. The van der Waals surface area contributed by atoms with E-state index in [4.69, 9.17) is 4.74 Å². The molecule has 0 heterocycles. The van der Waals surface area contributed by atoms with Crippen LogP contribution in [0.5, 0.6) is 0 Å². The second kappa shape index (κ2) is 21.1. The number of carboxylic acid groups (broad SMARTS) is 1. The van der Waals surface area contributed by atoms with Gasteiger partial charge in [-0.05, 0) is 40.5 Å². The van der Waals surface area contributed by atoms with Gasteiger partial charge in [-0.25, -0.2) is 9.59 Å². The SMILES string of the molecule is CCCCCCCCCCCCCCCC/C(C)=C/CSC[C@@H](NC(=O)OC(C)(C)C)C(=O)O. The standard InChI is InChI=1S/C28H53NO4S/c1-6-7-8-9-10-11-12-13-14-15-16-17-18-19-20-24(2)21-22-34-23-25(26(30)31)29-27(32)33-28(3,4)5/h21,25H,6-20,22-23H2,1-5H3,(H,29,32)(H,30,31)/b24-21+/t25-/m1/s1. The number of carbonyl (C=O) groups is 2. The molecule has 5 nitrogen and oxygen atoms in total. The summed E-state index contributed by atoms with van der Waals surface area (Å²) in [6.07, 6.45) is 21.8. The lowest BCUT2D eigenvalue weighted by atomic mass is 10.0. The summed E-state index contributed by atoms with van der Waals surface area (Å²) in [5.74, 6) is 0.0306. The minimum atomic E-state index is -1.04. The third-order valence-corrected chi connectivity index (χ3v) is 6.72. The van der Waals surface area contributed by atoms with Crippen molar-refractivity contribution in [2.45, 2.75) is 143 Å². The molecule has 6 heteroatoms. The second-order valence-corrected chi connectivity index (χ2v) is 11.5. The van der Waals surface area contributed by atoms with E-state index in [2.05, 4.69) is 25.2 Å². The summed E-state index contributed by atoms with van der Waals surface area (Å²) in [5.41, 5.74) is 0.714. The van der Waals surface area contributed by atoms with Gasteiger partial charge in [-0.15, -0.1) is 0 Å². The summed E-state index contributed by atoms with van der Waals surface area (Å²) in [6.45, 7) is 9.68. The van der Waals surface area contributed by atoms with Gasteiger partial charge in [0.1, 0.15) is 11.6 Å². The molecule has 0 rings (SSSR count). The summed E-state index contributed by atoms with van der Waals surface area (Å²) >= 11 is 1.51. The molecule has 0 saturated heterocycles. The van der Waals surface area contributed by atoms with Gasteiger partial charge < -0.3 is 15.2 Å². The van der Waals surface area contributed by atoms with Crippen molar-refractivity contribution < 1.29 is 19.4 Å². The summed E-state index contributed by atoms with van der Waals surface area (Å²) < 4.78 is 5.14. The third kappa shape index (κ3) is 22.6. The molecule has 0 aliphatic carbocycles. The molecular weight excluding hydrogens is 446 g/mol. The number of aliphatic carboxylic acids is 1. The van der Waals surface area contributed by atoms with E-state index >= 15 is 0 Å². The predicted molar refractivity (Wildman–Crippen MR) is 147 cm³/mol. The number of ether oxygens (including phenoxy) is 1. The van der Waals surface area contributed by atoms with Crippen molar-refractivity contribution in [1.29, 1.82) is 0 Å². The first-order valence-electron chi connectivity index (χ1n) is 13.6. The lowest BCUT2D eigenvalue weighted by Gasteiger charge is -2.21. The first kappa shape index (κ1) is 32.8. The normalized spacial score (nSPS) is 13.0. The Labute approximate surface area is 214 Å². The highest BCUT2D eigenvalue weighted by Crippen LogP contribution is 2.15. The van der Waals surface area contributed by atoms with Crippen molar-refractivity contribution in [1.82, 2.24) is 5.32 Å². The van der Waals surface area contributed by atoms with Crippen LogP contribution in [0.3, 0.4) is 0 Å². The van der Waals surface area contributed by atoms with Crippen LogP contribution in [0, 0.1) is 0 Å². The zero-order chi connectivity index (χ0) is 25.7. The number of amides is 1. The van der Waals surface area contributed by atoms with Gasteiger partial charge in [-0.1, -0.05) is 102 Å². The maximum atomic E-state index is 11.8. The molecule has 0 aromatic carbocycles. The smallest absolute Gasteiger partial charge is 0.408 e. The van der Waals surface area contributed by atoms with E-state index in [0.717, 1.165) is 12.2 Å². The molecule has 0 aliphatic heterocycles. The molecular formula is C28H53NO4S. The van der Waals surface area contributed by atoms with Crippen LogP contribution < -0.4 is 5.32 Å². The van der Waals surface area contributed by atoms with Crippen LogP contribution in [0.2, 0.25) is 0 Å². The Balaban J connectivity index is 3.71. The Morgan fingerprint density at radius 3 is 1.79 bits per heavy atom. The topological polar surface area (TPSA) is 75.6 Å². The molecule has 0 saturated carbocycles. The fourth-order valence-electron chi connectivity index (χ4n) is 3.71. The van der Waals surface area contributed by atoms with Gasteiger partial charge in [0.2, 0.25) is 0 Å². The molecule has 2 N–H and O–H groups in total. The molecule has 0 spiro atoms. The lowest BCUT2D eigenvalue weighted by molar-refractivity contribution is -0.138. The van der Waals surface area contributed by atoms with Crippen LogP contribution in [-0.2, 0) is 9.53 Å². The van der Waals surface area contributed by atoms with Crippen LogP contribution in [0.15, 0.2) is 11.6 Å². The molecule has 0 bridgehead atoms. The van der Waals surface area contributed by atoms with Gasteiger partial charge in [0.25, 0.3) is 0 Å². The van der Waals surface area contributed by atoms with E-state index in [0.29, 0.717) is 5.75 Å². The van der Waals surface area contributed by atoms with Crippen molar-refractivity contribution in [3.63, 3.8) is 0 Å². The second-order valence-electron chi connectivity index (χ2n) is 10.5. The lowest BCUT2D eigenvalue weighted by Crippen LogP contribution is -2.44. The van der Waals surface area contributed by atoms with Gasteiger partial charge in [0.15, 0.2) is 0 Å². The summed E-state index contributed by atoms with van der Waals surface area (Å²) in [4.78, 5) is 23.2. The maximum Gasteiger partial charge on any atom is 0.408 e. The summed E-state index contributed by atoms with van der Waals surface area (Å²) in [6, 6.07) is -0.945. The van der Waals surface area contributed by atoms with E-state index in [1.807, 2.05) is 0 Å². The molecule has 1 amide bonds. The number of nitrogens with one attached hydrogen (secondary N) is 1. The summed E-state index contributed by atoms with van der Waals surface area (Å²) in [5, 5.41) is 11.8. The zero-order valence-corrected chi connectivity index (χ0v) is 23.6. The molecule has 0 radical (unpaired) electrons. The van der Waals surface area contributed by atoms with Crippen molar-refractivity contribution in [2.24, 2.45) is 0 Å². The predicted octanol–water partition coefficient (Wildman–Crippen LogP) is 8.52. The highest BCUT2D eigenvalue weighted by molar-refractivity contribution is 7.99. The molecule has 200 valence electrons. The molecule has 0 aromatic heterocycles. The molecule has 0 aromatic rings. The van der Waals surface area contributed by atoms with Gasteiger partial charge in [-0.3, -0.25) is 0 Å². The number of unbranched alkanes of at least 4 members (excludes halogenated alkanes) is 13. The highest BCUT2D eigenvalue weighted by atomic mass is 32.2. The van der Waals surface area contributed by atoms with Crippen LogP contribution in [-0.4, -0.2) is 40.3 Å². The van der Waals surface area contributed by atoms with E-state index in [-0.39, 0.29) is 0 Å². The first-order valence-corrected chi connectivity index (χ1v) is 14.8. The van der Waals surface area contributed by atoms with Gasteiger partial charge in [-0.2, -0.15) is 11.8 Å². The summed E-state index contributed by atoms with van der Waals surface area (Å²) in [7, 11) is 0. The molecule has 34 heavy (non-hydrogen) atoms. The van der Waals surface area contributed by atoms with Gasteiger partial charge in [0.05, 0.1) is 0 Å². The van der Waals surface area contributed by atoms with Gasteiger partial charge >= 0.3 is 12.1 Å². The molecule has 0 aliphatic rings. The van der Waals surface area contributed by atoms with E-state index in [1.54, 1.807) is 20.8 Å². The maximum absolute atomic E-state index is 11.8. The average molecular weight is 500 g/mol. The molecule has 0 unspecified atom stereocenters. The number of carbonyl (C=O) groups excluding carboxylic acids is 1. The number of rotatable bonds is 21. The van der Waals surface area contributed by atoms with Gasteiger partial charge in [0, 0.05) is 11.5 Å². The average Bonchev–Trinajstić information content (AvgIpc) is 2.74. The van der Waals surface area contributed by atoms with Crippen molar-refractivity contribution in [3.05, 3.63) is 11.6 Å². The van der Waals surface area contributed by atoms with Crippen molar-refractivity contribution in [3.8, 4) is 0 Å². The Bertz CT molecular complexity index is 557. The highest BCUT2D eigenvalue weighted by Gasteiger charge is 2.23. The van der Waals surface area contributed by atoms with Crippen LogP contribution in [0.1, 0.15) is 131 Å². The van der Waals surface area contributed by atoms with Crippen molar-refractivity contribution >= 4 is 23.8 Å². The Morgan fingerprint density at radius 1 is 0.882 bits per heavy atom. The third-order valence-electron chi connectivity index (χ3n) is 5.75. The van der Waals surface area contributed by atoms with Crippen LogP contribution >= 0.6 is 11.8 Å². The monoisotopic (exact) mass is 499 g/mol. The minimum Gasteiger partial charge on any atom is -0.480 e. The largest absolute Gasteiger partial charge is 0.480 e. The Morgan fingerprint density at radius 2 is 1.35 bits per heavy atom. The fraction of sp³-hybridized carbons (Fsp3) is 0.857. The molecule has 1 atom stereocenters. The Hall–Kier alpha value is -1.17. The molecule has 0 fully saturated rings. The number of hydrogen-bond donors (Lipinski definition) is 2. The number of allylic oxidation sites excluding steroid dienone is 1. The fourth-order valence-corrected chi connectivity index (χ4v) is 4.71. The van der Waals surface area contributed by atoms with Crippen LogP contribution in [0.4, 0.5) is 4.79 Å². The first-order chi connectivity index (χ1) is 16.2. The number of hydrogen-bond acceptors (Lipinski definition) is 4. The van der Waals surface area contributed by atoms with Crippen molar-refractivity contribution in [2.75, 3.05) is 11.5 Å². The van der Waals surface area contributed by atoms with E-state index in [9.17, 15) is 14.7 Å². The number of thioether (sulfide) groups is 1. The Kier molecular flexibility index (Phi) is 20.4. The van der Waals surface area contributed by atoms with Crippen LogP contribution in [0.25, 0.3) is 0 Å². The van der Waals surface area contributed by atoms with E-state index < -0.39 is 23.7 Å². The number of alkyl carbamates (subject to hydrolysis) is 1. The number of carboxylic acids is 1. The van der Waals surface area contributed by atoms with E-state index in [1.165, 1.54) is 107 Å². The minimum absolute atomic E-state index is 0.317. The zero-order valence-electron chi connectivity index (χ0n) is 22.8.